The highest BCUT2D eigenvalue weighted by Gasteiger charge is 2.48. The Hall–Kier alpha value is -3.07. The summed E-state index contributed by atoms with van der Waals surface area (Å²) in [6.45, 7) is 5.32. The zero-order valence-corrected chi connectivity index (χ0v) is 17.9. The minimum atomic E-state index is -4.00. The quantitative estimate of drug-likeness (QED) is 0.779. The molecule has 6 nitrogen and oxygen atoms in total. The monoisotopic (exact) mass is 446 g/mol. The van der Waals surface area contributed by atoms with Crippen LogP contribution in [0.5, 0.6) is 0 Å². The third kappa shape index (κ3) is 3.42. The van der Waals surface area contributed by atoms with Gasteiger partial charge in [-0.1, -0.05) is 45.0 Å². The lowest BCUT2D eigenvalue weighted by Gasteiger charge is -2.35. The Bertz CT molecular complexity index is 1280. The maximum absolute atomic E-state index is 13.7. The second-order valence-corrected chi connectivity index (χ2v) is 10.2. The molecule has 1 atom stereocenters. The molecule has 9 heteroatoms. The van der Waals surface area contributed by atoms with Crippen LogP contribution in [0.1, 0.15) is 31.9 Å². The van der Waals surface area contributed by atoms with Gasteiger partial charge in [0.2, 0.25) is 0 Å². The van der Waals surface area contributed by atoms with Crippen LogP contribution in [-0.2, 0) is 21.4 Å². The van der Waals surface area contributed by atoms with Crippen molar-refractivity contribution in [2.75, 3.05) is 0 Å². The summed E-state index contributed by atoms with van der Waals surface area (Å²) in [6, 6.07) is 8.57. The maximum Gasteiger partial charge on any atom is 0.283 e. The van der Waals surface area contributed by atoms with Crippen molar-refractivity contribution in [1.29, 1.82) is 0 Å². The number of aliphatic hydroxyl groups excluding tert-OH is 1. The minimum absolute atomic E-state index is 0.0375. The fraction of sp³-hybridized carbons (Fsp3) is 0.273. The first kappa shape index (κ1) is 21.2. The van der Waals surface area contributed by atoms with Gasteiger partial charge >= 0.3 is 0 Å². The Kier molecular flexibility index (Phi) is 4.77. The lowest BCUT2D eigenvalue weighted by Crippen LogP contribution is -2.43. The molecule has 4 rings (SSSR count). The van der Waals surface area contributed by atoms with E-state index in [1.165, 1.54) is 23.1 Å². The second-order valence-electron chi connectivity index (χ2n) is 8.62. The van der Waals surface area contributed by atoms with Crippen LogP contribution in [0.25, 0.3) is 0 Å². The molecule has 0 spiro atoms. The fourth-order valence-electron chi connectivity index (χ4n) is 4.04. The molecule has 2 aliphatic heterocycles. The Morgan fingerprint density at radius 3 is 2.42 bits per heavy atom. The molecule has 2 aliphatic rings. The number of benzene rings is 2. The smallest absolute Gasteiger partial charge is 0.283 e. The van der Waals surface area contributed by atoms with Gasteiger partial charge in [-0.15, -0.1) is 0 Å². The fourth-order valence-corrected chi connectivity index (χ4v) is 5.26. The molecular weight excluding hydrogens is 426 g/mol. The molecule has 1 unspecified atom stereocenters. The number of halogens is 2. The Morgan fingerprint density at radius 2 is 1.77 bits per heavy atom. The van der Waals surface area contributed by atoms with Crippen molar-refractivity contribution in [3.63, 3.8) is 0 Å². The Morgan fingerprint density at radius 1 is 1.10 bits per heavy atom. The third-order valence-corrected chi connectivity index (χ3v) is 6.66. The van der Waals surface area contributed by atoms with Gasteiger partial charge in [-0.2, -0.15) is 12.8 Å². The van der Waals surface area contributed by atoms with E-state index in [0.29, 0.717) is 5.56 Å². The molecule has 1 N–H and O–H groups in total. The highest BCUT2D eigenvalue weighted by atomic mass is 32.2. The van der Waals surface area contributed by atoms with Crippen LogP contribution in [0.4, 0.5) is 8.78 Å². The van der Waals surface area contributed by atoms with Crippen LogP contribution >= 0.6 is 0 Å². The van der Waals surface area contributed by atoms with E-state index in [1.807, 2.05) is 20.8 Å². The largest absolute Gasteiger partial charge is 0.509 e. The highest BCUT2D eigenvalue weighted by Crippen LogP contribution is 2.40. The van der Waals surface area contributed by atoms with Gasteiger partial charge in [-0.25, -0.2) is 8.78 Å². The van der Waals surface area contributed by atoms with Crippen LogP contribution in [0, 0.1) is 17.0 Å². The number of sulfonamides is 1. The van der Waals surface area contributed by atoms with Gasteiger partial charge in [0.25, 0.3) is 15.9 Å². The summed E-state index contributed by atoms with van der Waals surface area (Å²) in [5.41, 5.74) is -0.384. The predicted molar refractivity (Wildman–Crippen MR) is 110 cm³/mol. The first-order chi connectivity index (χ1) is 14.4. The van der Waals surface area contributed by atoms with E-state index in [-0.39, 0.29) is 34.0 Å². The van der Waals surface area contributed by atoms with Crippen molar-refractivity contribution < 1.29 is 27.1 Å². The van der Waals surface area contributed by atoms with E-state index in [1.54, 1.807) is 12.1 Å². The molecule has 0 saturated heterocycles. The van der Waals surface area contributed by atoms with Gasteiger partial charge in [-0.05, 0) is 29.2 Å². The Balaban J connectivity index is 1.82. The summed E-state index contributed by atoms with van der Waals surface area (Å²) in [7, 11) is -4.00. The Labute approximate surface area is 178 Å². The lowest BCUT2D eigenvalue weighted by atomic mass is 9.84. The molecule has 0 fully saturated rings. The van der Waals surface area contributed by atoms with Gasteiger partial charge in [0.05, 0.1) is 10.9 Å². The number of rotatable bonds is 3. The standard InChI is InChI=1S/C22H20F2N2O4S/c1-22(2,3)20-19(27)17(18-13-6-4-5-7-16(13)31(29,30)25-18)21(28)26(20)11-12-8-9-14(23)15(24)10-12/h4-10,20,27H,11H2,1-3H3. The van der Waals surface area contributed by atoms with Crippen molar-refractivity contribution in [2.45, 2.75) is 38.3 Å². The summed E-state index contributed by atoms with van der Waals surface area (Å²) in [5, 5.41) is 11.1. The summed E-state index contributed by atoms with van der Waals surface area (Å²) < 4.78 is 55.7. The number of aliphatic hydroxyl groups is 1. The maximum atomic E-state index is 13.7. The van der Waals surface area contributed by atoms with E-state index in [0.717, 1.165) is 12.1 Å². The van der Waals surface area contributed by atoms with Crippen molar-refractivity contribution in [1.82, 2.24) is 4.90 Å². The average Bonchev–Trinajstić information content (AvgIpc) is 3.08. The zero-order chi connectivity index (χ0) is 22.7. The van der Waals surface area contributed by atoms with E-state index >= 15 is 0 Å². The van der Waals surface area contributed by atoms with Crippen LogP contribution in [0.15, 0.2) is 63.1 Å². The van der Waals surface area contributed by atoms with Gasteiger partial charge in [0.15, 0.2) is 11.6 Å². The van der Waals surface area contributed by atoms with Crippen LogP contribution in [0.2, 0.25) is 0 Å². The summed E-state index contributed by atoms with van der Waals surface area (Å²) >= 11 is 0. The van der Waals surface area contributed by atoms with Crippen molar-refractivity contribution in [2.24, 2.45) is 9.81 Å². The molecule has 2 aromatic rings. The van der Waals surface area contributed by atoms with E-state index in [2.05, 4.69) is 4.40 Å². The molecule has 0 radical (unpaired) electrons. The van der Waals surface area contributed by atoms with Gasteiger partial charge in [0, 0.05) is 12.1 Å². The zero-order valence-electron chi connectivity index (χ0n) is 17.1. The topological polar surface area (TPSA) is 87.0 Å². The molecule has 0 aromatic heterocycles. The van der Waals surface area contributed by atoms with Crippen LogP contribution < -0.4 is 0 Å². The molecule has 2 aromatic carbocycles. The number of nitrogens with zero attached hydrogens (tertiary/aromatic N) is 2. The normalized spacial score (nSPS) is 20.3. The first-order valence-corrected chi connectivity index (χ1v) is 11.0. The van der Waals surface area contributed by atoms with Crippen LogP contribution in [0.3, 0.4) is 0 Å². The molecule has 1 amide bonds. The number of carbonyl (C=O) groups is 1. The lowest BCUT2D eigenvalue weighted by molar-refractivity contribution is -0.129. The number of amides is 1. The summed E-state index contributed by atoms with van der Waals surface area (Å²) in [6.07, 6.45) is 0. The third-order valence-electron chi connectivity index (χ3n) is 5.33. The highest BCUT2D eigenvalue weighted by molar-refractivity contribution is 7.90. The molecule has 31 heavy (non-hydrogen) atoms. The first-order valence-electron chi connectivity index (χ1n) is 9.54. The predicted octanol–water partition coefficient (Wildman–Crippen LogP) is 3.73. The molecule has 0 saturated carbocycles. The number of hydrogen-bond donors (Lipinski definition) is 1. The minimum Gasteiger partial charge on any atom is -0.509 e. The molecule has 0 aliphatic carbocycles. The van der Waals surface area contributed by atoms with Gasteiger partial charge in [0.1, 0.15) is 17.0 Å². The molecule has 0 bridgehead atoms. The molecular formula is C22H20F2N2O4S. The SMILES string of the molecule is CC(C)(C)C1C(O)=C(C2=NS(=O)(=O)c3ccccc32)C(=O)N1Cc1ccc(F)c(F)c1. The number of carbonyl (C=O) groups excluding carboxylic acids is 1. The summed E-state index contributed by atoms with van der Waals surface area (Å²) in [4.78, 5) is 14.7. The van der Waals surface area contributed by atoms with Gasteiger partial charge < -0.3 is 10.0 Å². The van der Waals surface area contributed by atoms with E-state index in [4.69, 9.17) is 0 Å². The number of fused-ring (bicyclic) bond motifs is 1. The van der Waals surface area contributed by atoms with E-state index in [9.17, 15) is 27.1 Å². The van der Waals surface area contributed by atoms with Crippen molar-refractivity contribution in [3.8, 4) is 0 Å². The number of hydrogen-bond acceptors (Lipinski definition) is 4. The summed E-state index contributed by atoms with van der Waals surface area (Å²) in [5.74, 6) is -2.99. The molecule has 2 heterocycles. The van der Waals surface area contributed by atoms with Crippen LogP contribution in [-0.4, -0.2) is 36.1 Å². The van der Waals surface area contributed by atoms with Crippen molar-refractivity contribution >= 4 is 21.6 Å². The average molecular weight is 446 g/mol. The van der Waals surface area contributed by atoms with E-state index < -0.39 is 39.0 Å². The molecule has 162 valence electrons. The van der Waals surface area contributed by atoms with Crippen molar-refractivity contribution in [3.05, 3.63) is 76.6 Å². The second kappa shape index (κ2) is 6.98. The van der Waals surface area contributed by atoms with Gasteiger partial charge in [-0.3, -0.25) is 4.79 Å².